The SMILES string of the molecule is O=C(/C=C/c1cccc(Br)c1)N1CCN(c2nn3nnnc3c3ccccc23)CC1. The molecule has 1 aliphatic heterocycles. The van der Waals surface area contributed by atoms with Gasteiger partial charge in [-0.05, 0) is 34.2 Å². The average molecular weight is 464 g/mol. The summed E-state index contributed by atoms with van der Waals surface area (Å²) in [7, 11) is 0. The predicted molar refractivity (Wildman–Crippen MR) is 118 cm³/mol. The Hall–Kier alpha value is -3.33. The zero-order valence-electron chi connectivity index (χ0n) is 16.0. The summed E-state index contributed by atoms with van der Waals surface area (Å²) in [6.07, 6.45) is 3.48. The molecular formula is C21H18BrN7O. The molecule has 8 nitrogen and oxygen atoms in total. The zero-order valence-corrected chi connectivity index (χ0v) is 17.6. The van der Waals surface area contributed by atoms with Crippen LogP contribution in [0.3, 0.4) is 0 Å². The molecule has 0 spiro atoms. The molecule has 3 heterocycles. The van der Waals surface area contributed by atoms with Crippen LogP contribution in [0.4, 0.5) is 5.82 Å². The maximum atomic E-state index is 12.6. The summed E-state index contributed by atoms with van der Waals surface area (Å²) >= 11 is 3.45. The highest BCUT2D eigenvalue weighted by Crippen LogP contribution is 2.27. The molecule has 5 rings (SSSR count). The number of carbonyl (C=O) groups is 1. The van der Waals surface area contributed by atoms with Gasteiger partial charge in [0.15, 0.2) is 5.82 Å². The first-order valence-electron chi connectivity index (χ1n) is 9.64. The van der Waals surface area contributed by atoms with Crippen molar-refractivity contribution in [3.8, 4) is 0 Å². The Kier molecular flexibility index (Phi) is 4.88. The van der Waals surface area contributed by atoms with Crippen molar-refractivity contribution in [2.75, 3.05) is 31.1 Å². The Morgan fingerprint density at radius 1 is 1.00 bits per heavy atom. The third kappa shape index (κ3) is 3.52. The van der Waals surface area contributed by atoms with Gasteiger partial charge in [-0.1, -0.05) is 52.3 Å². The van der Waals surface area contributed by atoms with E-state index in [1.165, 1.54) is 4.63 Å². The molecule has 0 atom stereocenters. The second kappa shape index (κ2) is 7.83. The fourth-order valence-corrected chi connectivity index (χ4v) is 4.10. The minimum Gasteiger partial charge on any atom is -0.351 e. The first-order valence-corrected chi connectivity index (χ1v) is 10.4. The smallest absolute Gasteiger partial charge is 0.246 e. The van der Waals surface area contributed by atoms with Gasteiger partial charge in [-0.15, -0.1) is 14.8 Å². The van der Waals surface area contributed by atoms with E-state index in [-0.39, 0.29) is 5.91 Å². The predicted octanol–water partition coefficient (Wildman–Crippen LogP) is 2.80. The van der Waals surface area contributed by atoms with Gasteiger partial charge in [-0.25, -0.2) is 0 Å². The molecular weight excluding hydrogens is 446 g/mol. The Bertz CT molecular complexity index is 1260. The third-order valence-corrected chi connectivity index (χ3v) is 5.70. The molecule has 0 N–H and O–H groups in total. The summed E-state index contributed by atoms with van der Waals surface area (Å²) in [5, 5.41) is 18.4. The molecule has 0 saturated carbocycles. The van der Waals surface area contributed by atoms with E-state index in [4.69, 9.17) is 0 Å². The van der Waals surface area contributed by atoms with Gasteiger partial charge in [0.25, 0.3) is 0 Å². The summed E-state index contributed by atoms with van der Waals surface area (Å²) in [4.78, 5) is 16.7. The van der Waals surface area contributed by atoms with Crippen LogP contribution in [-0.4, -0.2) is 62.2 Å². The van der Waals surface area contributed by atoms with Crippen LogP contribution >= 0.6 is 15.9 Å². The number of piperazine rings is 1. The maximum Gasteiger partial charge on any atom is 0.246 e. The van der Waals surface area contributed by atoms with E-state index in [1.807, 2.05) is 59.5 Å². The van der Waals surface area contributed by atoms with Crippen molar-refractivity contribution in [2.24, 2.45) is 0 Å². The van der Waals surface area contributed by atoms with E-state index in [0.29, 0.717) is 31.8 Å². The summed E-state index contributed by atoms with van der Waals surface area (Å²) in [5.74, 6) is 0.852. The highest BCUT2D eigenvalue weighted by Gasteiger charge is 2.23. The van der Waals surface area contributed by atoms with Crippen LogP contribution in [0.5, 0.6) is 0 Å². The molecule has 0 unspecified atom stereocenters. The van der Waals surface area contributed by atoms with Gasteiger partial charge in [-0.2, -0.15) is 0 Å². The molecule has 0 bridgehead atoms. The van der Waals surface area contributed by atoms with Crippen molar-refractivity contribution >= 4 is 50.2 Å². The second-order valence-electron chi connectivity index (χ2n) is 7.06. The van der Waals surface area contributed by atoms with E-state index in [2.05, 4.69) is 41.5 Å². The maximum absolute atomic E-state index is 12.6. The highest BCUT2D eigenvalue weighted by atomic mass is 79.9. The lowest BCUT2D eigenvalue weighted by molar-refractivity contribution is -0.126. The molecule has 2 aromatic heterocycles. The van der Waals surface area contributed by atoms with Crippen molar-refractivity contribution in [3.63, 3.8) is 0 Å². The number of nitrogens with zero attached hydrogens (tertiary/aromatic N) is 7. The van der Waals surface area contributed by atoms with Crippen LogP contribution in [0.1, 0.15) is 5.56 Å². The van der Waals surface area contributed by atoms with E-state index >= 15 is 0 Å². The number of tetrazole rings is 1. The van der Waals surface area contributed by atoms with Crippen molar-refractivity contribution in [3.05, 3.63) is 64.6 Å². The molecule has 1 aliphatic rings. The number of benzene rings is 2. The molecule has 150 valence electrons. The quantitative estimate of drug-likeness (QED) is 0.434. The van der Waals surface area contributed by atoms with E-state index < -0.39 is 0 Å². The normalized spacial score (nSPS) is 14.8. The lowest BCUT2D eigenvalue weighted by Crippen LogP contribution is -2.48. The number of halogens is 1. The number of carbonyl (C=O) groups excluding carboxylic acids is 1. The molecule has 1 saturated heterocycles. The average Bonchev–Trinajstić information content (AvgIpc) is 3.26. The van der Waals surface area contributed by atoms with Gasteiger partial charge in [-0.3, -0.25) is 4.79 Å². The first kappa shape index (κ1) is 18.7. The molecule has 0 aliphatic carbocycles. The van der Waals surface area contributed by atoms with Crippen LogP contribution in [0.15, 0.2) is 59.1 Å². The molecule has 2 aromatic carbocycles. The molecule has 30 heavy (non-hydrogen) atoms. The van der Waals surface area contributed by atoms with Crippen molar-refractivity contribution < 1.29 is 4.79 Å². The fourth-order valence-electron chi connectivity index (χ4n) is 3.68. The van der Waals surface area contributed by atoms with Gasteiger partial charge in [0.2, 0.25) is 11.6 Å². The monoisotopic (exact) mass is 463 g/mol. The fraction of sp³-hybridized carbons (Fsp3) is 0.190. The van der Waals surface area contributed by atoms with Gasteiger partial charge < -0.3 is 9.80 Å². The van der Waals surface area contributed by atoms with Gasteiger partial charge >= 0.3 is 0 Å². The number of amides is 1. The van der Waals surface area contributed by atoms with Crippen LogP contribution in [0.25, 0.3) is 22.5 Å². The van der Waals surface area contributed by atoms with E-state index in [9.17, 15) is 4.79 Å². The summed E-state index contributed by atoms with van der Waals surface area (Å²) in [5.41, 5.74) is 1.63. The molecule has 1 amide bonds. The molecule has 0 radical (unpaired) electrons. The van der Waals surface area contributed by atoms with Gasteiger partial charge in [0, 0.05) is 47.5 Å². The topological polar surface area (TPSA) is 79.5 Å². The third-order valence-electron chi connectivity index (χ3n) is 5.21. The van der Waals surface area contributed by atoms with Crippen LogP contribution in [0.2, 0.25) is 0 Å². The van der Waals surface area contributed by atoms with Crippen molar-refractivity contribution in [2.45, 2.75) is 0 Å². The Morgan fingerprint density at radius 2 is 1.80 bits per heavy atom. The number of aromatic nitrogens is 5. The molecule has 4 aromatic rings. The van der Waals surface area contributed by atoms with E-state index in [1.54, 1.807) is 6.08 Å². The Morgan fingerprint density at radius 3 is 2.60 bits per heavy atom. The number of hydrogen-bond donors (Lipinski definition) is 0. The summed E-state index contributed by atoms with van der Waals surface area (Å²) in [6, 6.07) is 15.8. The summed E-state index contributed by atoms with van der Waals surface area (Å²) in [6.45, 7) is 2.65. The minimum atomic E-state index is 0.0170. The van der Waals surface area contributed by atoms with E-state index in [0.717, 1.165) is 26.6 Å². The van der Waals surface area contributed by atoms with Crippen LogP contribution < -0.4 is 4.90 Å². The van der Waals surface area contributed by atoms with Crippen molar-refractivity contribution in [1.82, 2.24) is 30.2 Å². The summed E-state index contributed by atoms with van der Waals surface area (Å²) < 4.78 is 2.46. The minimum absolute atomic E-state index is 0.0170. The van der Waals surface area contributed by atoms with Crippen LogP contribution in [0, 0.1) is 0 Å². The molecule has 9 heteroatoms. The number of rotatable bonds is 3. The van der Waals surface area contributed by atoms with Crippen LogP contribution in [-0.2, 0) is 4.79 Å². The number of anilines is 1. The molecule has 1 fully saturated rings. The van der Waals surface area contributed by atoms with Crippen molar-refractivity contribution in [1.29, 1.82) is 0 Å². The number of fused-ring (bicyclic) bond motifs is 3. The Balaban J connectivity index is 1.33. The number of hydrogen-bond acceptors (Lipinski definition) is 6. The first-order chi connectivity index (χ1) is 14.7. The Labute approximate surface area is 180 Å². The largest absolute Gasteiger partial charge is 0.351 e. The van der Waals surface area contributed by atoms with Gasteiger partial charge in [0.1, 0.15) is 0 Å². The lowest BCUT2D eigenvalue weighted by Gasteiger charge is -2.35. The lowest BCUT2D eigenvalue weighted by atomic mass is 10.1. The highest BCUT2D eigenvalue weighted by molar-refractivity contribution is 9.10. The second-order valence-corrected chi connectivity index (χ2v) is 7.98. The van der Waals surface area contributed by atoms with Gasteiger partial charge in [0.05, 0.1) is 0 Å². The zero-order chi connectivity index (χ0) is 20.5. The standard InChI is InChI=1S/C21H18BrN7O/c22-16-5-3-4-15(14-16)8-9-19(30)27-10-12-28(13-11-27)21-18-7-2-1-6-17(18)20-23-25-26-29(20)24-21/h1-9,14H,10-13H2/b9-8+.